The van der Waals surface area contributed by atoms with E-state index < -0.39 is 0 Å². The number of pyridine rings is 1. The summed E-state index contributed by atoms with van der Waals surface area (Å²) in [6.07, 6.45) is 5.98. The molecule has 0 bridgehead atoms. The topological polar surface area (TPSA) is 54.8 Å². The van der Waals surface area contributed by atoms with Crippen molar-refractivity contribution >= 4 is 11.6 Å². The maximum absolute atomic E-state index is 9.85. The largest absolute Gasteiger partial charge is 0.503 e. The van der Waals surface area contributed by atoms with Gasteiger partial charge in [0.2, 0.25) is 0 Å². The van der Waals surface area contributed by atoms with Crippen LogP contribution in [0.1, 0.15) is 24.0 Å². The van der Waals surface area contributed by atoms with E-state index in [1.54, 1.807) is 12.3 Å². The molecule has 25 heavy (non-hydrogen) atoms. The van der Waals surface area contributed by atoms with Crippen LogP contribution >= 0.6 is 11.6 Å². The van der Waals surface area contributed by atoms with Crippen molar-refractivity contribution in [2.45, 2.75) is 32.1 Å². The van der Waals surface area contributed by atoms with Crippen molar-refractivity contribution in [1.29, 1.82) is 0 Å². The normalized spacial score (nSPS) is 18.2. The fraction of sp³-hybridized carbons (Fsp3) is 0.421. The number of phenolic OH excluding ortho intramolecular Hbond substituents is 1. The van der Waals surface area contributed by atoms with Gasteiger partial charge in [-0.25, -0.2) is 0 Å². The number of methoxy groups -OCH3 is 1. The molecule has 0 aliphatic carbocycles. The molecule has 6 heteroatoms. The first kappa shape index (κ1) is 18.0. The summed E-state index contributed by atoms with van der Waals surface area (Å²) in [5.74, 6) is 0.396. The summed E-state index contributed by atoms with van der Waals surface area (Å²) < 4.78 is 11.2. The number of hydrogen-bond donors (Lipinski definition) is 1. The van der Waals surface area contributed by atoms with Crippen LogP contribution < -0.4 is 4.74 Å². The van der Waals surface area contributed by atoms with Gasteiger partial charge in [0.05, 0.1) is 24.8 Å². The predicted octanol–water partition coefficient (Wildman–Crippen LogP) is 3.63. The first-order valence-corrected chi connectivity index (χ1v) is 8.81. The molecular weight excluding hydrogens is 340 g/mol. The maximum Gasteiger partial charge on any atom is 0.176 e. The number of hydrogen-bond acceptors (Lipinski definition) is 5. The highest BCUT2D eigenvalue weighted by Crippen LogP contribution is 2.35. The minimum atomic E-state index is -0.00996. The number of halogens is 1. The molecule has 2 aromatic rings. The van der Waals surface area contributed by atoms with Crippen LogP contribution in [0.3, 0.4) is 0 Å². The SMILES string of the molecule is COc1cc(CN2CCCC(OCc3cccnc3)C2)cc(Cl)c1O. The summed E-state index contributed by atoms with van der Waals surface area (Å²) in [6, 6.07) is 7.58. The molecule has 1 atom stereocenters. The third kappa shape index (κ3) is 4.84. The second-order valence-electron chi connectivity index (χ2n) is 6.30. The number of piperidine rings is 1. The second kappa shape index (κ2) is 8.52. The zero-order valence-corrected chi connectivity index (χ0v) is 15.1. The Morgan fingerprint density at radius 3 is 3.00 bits per heavy atom. The van der Waals surface area contributed by atoms with Gasteiger partial charge in [0, 0.05) is 25.5 Å². The highest BCUT2D eigenvalue weighted by atomic mass is 35.5. The van der Waals surface area contributed by atoms with Crippen molar-refractivity contribution in [3.05, 3.63) is 52.8 Å². The number of ether oxygens (including phenoxy) is 2. The van der Waals surface area contributed by atoms with Crippen LogP contribution in [0.2, 0.25) is 5.02 Å². The van der Waals surface area contributed by atoms with Crippen molar-refractivity contribution in [3.63, 3.8) is 0 Å². The molecule has 0 amide bonds. The summed E-state index contributed by atoms with van der Waals surface area (Å²) in [4.78, 5) is 6.46. The summed E-state index contributed by atoms with van der Waals surface area (Å²) in [6.45, 7) is 3.24. The maximum atomic E-state index is 9.85. The monoisotopic (exact) mass is 362 g/mol. The van der Waals surface area contributed by atoms with Gasteiger partial charge in [0.25, 0.3) is 0 Å². The lowest BCUT2D eigenvalue weighted by molar-refractivity contribution is -0.0121. The van der Waals surface area contributed by atoms with Gasteiger partial charge >= 0.3 is 0 Å². The number of aromatic hydroxyl groups is 1. The third-order valence-electron chi connectivity index (χ3n) is 4.39. The molecule has 1 fully saturated rings. The van der Waals surface area contributed by atoms with E-state index in [1.807, 2.05) is 24.4 Å². The highest BCUT2D eigenvalue weighted by molar-refractivity contribution is 6.32. The lowest BCUT2D eigenvalue weighted by Crippen LogP contribution is -2.39. The Morgan fingerprint density at radius 1 is 1.36 bits per heavy atom. The lowest BCUT2D eigenvalue weighted by atomic mass is 10.1. The van der Waals surface area contributed by atoms with E-state index in [0.29, 0.717) is 17.4 Å². The van der Waals surface area contributed by atoms with Gasteiger partial charge in [-0.1, -0.05) is 17.7 Å². The molecule has 0 radical (unpaired) electrons. The molecule has 0 saturated carbocycles. The molecule has 3 rings (SSSR count). The van der Waals surface area contributed by atoms with Gasteiger partial charge in [-0.05, 0) is 48.7 Å². The standard InChI is InChI=1S/C19H23ClN2O3/c1-24-18-9-15(8-17(20)19(18)23)11-22-7-3-5-16(12-22)25-13-14-4-2-6-21-10-14/h2,4,6,8-10,16,23H,3,5,7,11-13H2,1H3. The van der Waals surface area contributed by atoms with Crippen LogP contribution in [0.5, 0.6) is 11.5 Å². The van der Waals surface area contributed by atoms with Crippen LogP contribution in [0.15, 0.2) is 36.7 Å². The minimum Gasteiger partial charge on any atom is -0.503 e. The highest BCUT2D eigenvalue weighted by Gasteiger charge is 2.21. The van der Waals surface area contributed by atoms with Crippen LogP contribution in [0.4, 0.5) is 0 Å². The molecule has 2 heterocycles. The second-order valence-corrected chi connectivity index (χ2v) is 6.71. The van der Waals surface area contributed by atoms with Crippen LogP contribution in [0, 0.1) is 0 Å². The summed E-state index contributed by atoms with van der Waals surface area (Å²) in [7, 11) is 1.53. The molecule has 1 N–H and O–H groups in total. The first-order valence-electron chi connectivity index (χ1n) is 8.44. The Labute approximate surface area is 153 Å². The molecule has 1 saturated heterocycles. The number of likely N-dealkylation sites (tertiary alicyclic amines) is 1. The molecule has 0 spiro atoms. The number of nitrogens with zero attached hydrogens (tertiary/aromatic N) is 2. The molecule has 134 valence electrons. The van der Waals surface area contributed by atoms with E-state index in [2.05, 4.69) is 9.88 Å². The zero-order valence-electron chi connectivity index (χ0n) is 14.3. The van der Waals surface area contributed by atoms with E-state index in [1.165, 1.54) is 7.11 Å². The molecule has 5 nitrogen and oxygen atoms in total. The zero-order chi connectivity index (χ0) is 17.6. The quantitative estimate of drug-likeness (QED) is 0.850. The number of benzene rings is 1. The number of phenols is 1. The average molecular weight is 363 g/mol. The van der Waals surface area contributed by atoms with Crippen LogP contribution in [0.25, 0.3) is 0 Å². The van der Waals surface area contributed by atoms with Crippen molar-refractivity contribution in [1.82, 2.24) is 9.88 Å². The van der Waals surface area contributed by atoms with E-state index in [9.17, 15) is 5.11 Å². The number of aromatic nitrogens is 1. The van der Waals surface area contributed by atoms with Crippen LogP contribution in [-0.4, -0.2) is 41.3 Å². The molecule has 1 aliphatic heterocycles. The third-order valence-corrected chi connectivity index (χ3v) is 4.67. The van der Waals surface area contributed by atoms with Crippen molar-refractivity contribution in [2.24, 2.45) is 0 Å². The summed E-state index contributed by atoms with van der Waals surface area (Å²) in [5.41, 5.74) is 2.11. The number of rotatable bonds is 6. The van der Waals surface area contributed by atoms with E-state index in [-0.39, 0.29) is 11.9 Å². The van der Waals surface area contributed by atoms with E-state index in [4.69, 9.17) is 21.1 Å². The van der Waals surface area contributed by atoms with Crippen LogP contribution in [-0.2, 0) is 17.9 Å². The first-order chi connectivity index (χ1) is 12.2. The predicted molar refractivity (Wildman–Crippen MR) is 97.0 cm³/mol. The minimum absolute atomic E-state index is 0.00996. The molecule has 1 aliphatic rings. The molecule has 1 unspecified atom stereocenters. The van der Waals surface area contributed by atoms with Gasteiger partial charge in [-0.2, -0.15) is 0 Å². The van der Waals surface area contributed by atoms with E-state index >= 15 is 0 Å². The smallest absolute Gasteiger partial charge is 0.176 e. The Morgan fingerprint density at radius 2 is 2.24 bits per heavy atom. The fourth-order valence-electron chi connectivity index (χ4n) is 3.12. The van der Waals surface area contributed by atoms with Gasteiger partial charge in [-0.3, -0.25) is 9.88 Å². The van der Waals surface area contributed by atoms with Crippen molar-refractivity contribution in [2.75, 3.05) is 20.2 Å². The molecule has 1 aromatic carbocycles. The lowest BCUT2D eigenvalue weighted by Gasteiger charge is -2.32. The fourth-order valence-corrected chi connectivity index (χ4v) is 3.36. The average Bonchev–Trinajstić information content (AvgIpc) is 2.64. The summed E-state index contributed by atoms with van der Waals surface area (Å²) in [5, 5.41) is 10.2. The Balaban J connectivity index is 1.57. The Bertz CT molecular complexity index is 697. The molecule has 1 aromatic heterocycles. The Kier molecular flexibility index (Phi) is 6.13. The van der Waals surface area contributed by atoms with Crippen molar-refractivity contribution in [3.8, 4) is 11.5 Å². The van der Waals surface area contributed by atoms with Gasteiger partial charge in [0.15, 0.2) is 11.5 Å². The summed E-state index contributed by atoms with van der Waals surface area (Å²) >= 11 is 6.08. The van der Waals surface area contributed by atoms with E-state index in [0.717, 1.165) is 43.6 Å². The van der Waals surface area contributed by atoms with Crippen molar-refractivity contribution < 1.29 is 14.6 Å². The van der Waals surface area contributed by atoms with Gasteiger partial charge in [0.1, 0.15) is 0 Å². The van der Waals surface area contributed by atoms with Gasteiger partial charge in [-0.15, -0.1) is 0 Å². The molecular formula is C19H23ClN2O3. The van der Waals surface area contributed by atoms with Gasteiger partial charge < -0.3 is 14.6 Å². The Hall–Kier alpha value is -1.82.